The molecule has 9 nitrogen and oxygen atoms in total. The smallest absolute Gasteiger partial charge is 0.397 e. The fourth-order valence-electron chi connectivity index (χ4n) is 5.83. The summed E-state index contributed by atoms with van der Waals surface area (Å²) in [7, 11) is 0. The number of rotatable bonds is 6. The van der Waals surface area contributed by atoms with Gasteiger partial charge in [-0.3, -0.25) is 10.1 Å². The Morgan fingerprint density at radius 1 is 1.05 bits per heavy atom. The van der Waals surface area contributed by atoms with E-state index in [9.17, 15) is 22.4 Å². The minimum Gasteiger partial charge on any atom is -0.476 e. The summed E-state index contributed by atoms with van der Waals surface area (Å²) in [4.78, 5) is 29.3. The van der Waals surface area contributed by atoms with E-state index in [2.05, 4.69) is 25.1 Å². The van der Waals surface area contributed by atoms with E-state index in [0.29, 0.717) is 44.7 Å². The Hall–Kier alpha value is -2.99. The highest BCUT2D eigenvalue weighted by Crippen LogP contribution is 2.58. The molecule has 3 aliphatic carbocycles. The van der Waals surface area contributed by atoms with Crippen molar-refractivity contribution in [1.29, 1.82) is 0 Å². The van der Waals surface area contributed by atoms with Gasteiger partial charge in [0.1, 0.15) is 17.8 Å². The molecule has 3 saturated carbocycles. The molecule has 0 atom stereocenters. The lowest BCUT2D eigenvalue weighted by Crippen LogP contribution is -2.67. The normalized spacial score (nSPS) is 25.3. The van der Waals surface area contributed by atoms with Crippen LogP contribution in [0.15, 0.2) is 12.4 Å². The summed E-state index contributed by atoms with van der Waals surface area (Å²) in [6.45, 7) is 2.05. The van der Waals surface area contributed by atoms with E-state index >= 15 is 0 Å². The molecule has 0 bridgehead atoms. The lowest BCUT2D eigenvalue weighted by atomic mass is 9.57. The average Bonchev–Trinajstić information content (AvgIpc) is 3.68. The number of hydrogen-bond acceptors (Lipinski definition) is 6. The number of nitrogens with zero attached hydrogens (tertiary/aromatic N) is 6. The van der Waals surface area contributed by atoms with E-state index in [0.717, 1.165) is 18.7 Å². The van der Waals surface area contributed by atoms with Crippen LogP contribution in [0, 0.1) is 10.8 Å². The van der Waals surface area contributed by atoms with Crippen molar-refractivity contribution in [3.8, 4) is 5.88 Å². The van der Waals surface area contributed by atoms with E-state index in [4.69, 9.17) is 4.74 Å². The molecular formula is C24H27F4N7O2. The van der Waals surface area contributed by atoms with Crippen molar-refractivity contribution in [3.05, 3.63) is 29.7 Å². The molecule has 0 aromatic carbocycles. The van der Waals surface area contributed by atoms with Gasteiger partial charge in [-0.2, -0.15) is 18.3 Å². The zero-order valence-corrected chi connectivity index (χ0v) is 20.1. The van der Waals surface area contributed by atoms with Crippen molar-refractivity contribution in [1.82, 2.24) is 34.9 Å². The molecule has 0 unspecified atom stereocenters. The van der Waals surface area contributed by atoms with Crippen LogP contribution < -0.4 is 4.74 Å². The molecule has 2 aromatic heterocycles. The Bertz CT molecular complexity index is 1200. The number of carbonyl (C=O) groups is 1. The molecule has 0 radical (unpaired) electrons. The van der Waals surface area contributed by atoms with Gasteiger partial charge in [0, 0.05) is 43.4 Å². The maximum atomic E-state index is 14.1. The molecule has 5 aliphatic rings. The first-order valence-corrected chi connectivity index (χ1v) is 12.7. The number of alkyl halides is 4. The molecule has 2 saturated heterocycles. The quantitative estimate of drug-likeness (QED) is 0.583. The van der Waals surface area contributed by atoms with Crippen molar-refractivity contribution in [2.75, 3.05) is 32.8 Å². The summed E-state index contributed by atoms with van der Waals surface area (Å²) in [6, 6.07) is 0.00942. The molecule has 1 N–H and O–H groups in total. The summed E-state index contributed by atoms with van der Waals surface area (Å²) in [5.41, 5.74) is -2.26. The van der Waals surface area contributed by atoms with Gasteiger partial charge in [0.15, 0.2) is 11.5 Å². The van der Waals surface area contributed by atoms with Crippen LogP contribution in [0.5, 0.6) is 5.88 Å². The summed E-state index contributed by atoms with van der Waals surface area (Å²) in [5.74, 6) is 1.40. The third kappa shape index (κ3) is 3.83. The van der Waals surface area contributed by atoms with Crippen LogP contribution >= 0.6 is 0 Å². The van der Waals surface area contributed by atoms with Gasteiger partial charge >= 0.3 is 12.2 Å². The maximum Gasteiger partial charge on any atom is 0.397 e. The molecule has 2 aliphatic heterocycles. The summed E-state index contributed by atoms with van der Waals surface area (Å²) >= 11 is 0. The lowest BCUT2D eigenvalue weighted by molar-refractivity contribution is -0.194. The number of likely N-dealkylation sites (tertiary alicyclic amines) is 2. The first kappa shape index (κ1) is 23.2. The molecule has 7 rings (SSSR count). The van der Waals surface area contributed by atoms with E-state index < -0.39 is 23.9 Å². The zero-order chi connectivity index (χ0) is 25.6. The average molecular weight is 522 g/mol. The third-order valence-corrected chi connectivity index (χ3v) is 8.83. The van der Waals surface area contributed by atoms with Crippen LogP contribution in [0.1, 0.15) is 67.7 Å². The fourth-order valence-corrected chi connectivity index (χ4v) is 5.83. The molecule has 1 spiro atoms. The lowest BCUT2D eigenvalue weighted by Gasteiger charge is -2.59. The van der Waals surface area contributed by atoms with E-state index in [-0.39, 0.29) is 47.8 Å². The number of amides is 2. The molecule has 5 fully saturated rings. The van der Waals surface area contributed by atoms with Crippen molar-refractivity contribution >= 4 is 6.03 Å². The third-order valence-electron chi connectivity index (χ3n) is 8.83. The van der Waals surface area contributed by atoms with Crippen LogP contribution in [-0.2, 0) is 5.67 Å². The van der Waals surface area contributed by atoms with Gasteiger partial charge in [-0.25, -0.2) is 19.2 Å². The van der Waals surface area contributed by atoms with Crippen LogP contribution in [0.4, 0.5) is 22.4 Å². The Kier molecular flexibility index (Phi) is 4.71. The van der Waals surface area contributed by atoms with E-state index in [1.54, 1.807) is 4.90 Å². The van der Waals surface area contributed by atoms with Crippen molar-refractivity contribution in [2.45, 2.75) is 62.2 Å². The molecule has 2 aromatic rings. The van der Waals surface area contributed by atoms with Gasteiger partial charge in [0.05, 0.1) is 18.1 Å². The second-order valence-electron chi connectivity index (χ2n) is 11.7. The predicted octanol–water partition coefficient (Wildman–Crippen LogP) is 3.67. The van der Waals surface area contributed by atoms with Gasteiger partial charge in [-0.05, 0) is 38.5 Å². The highest BCUT2D eigenvalue weighted by atomic mass is 19.4. The fraction of sp³-hybridized carbons (Fsp3) is 0.708. The Labute approximate surface area is 210 Å². The Morgan fingerprint density at radius 2 is 1.78 bits per heavy atom. The molecule has 13 heteroatoms. The number of aromatic amines is 1. The standard InChI is InChI=1S/C24H27F4N7O2/c25-23(3-4-23)19-31-18(32-33-19)14-5-21(6-14)11-35(12-21)20(36)34-9-15(10-34)16-7-30-17(8-29-16)37-13-22(1-2-22)24(26,27)28/h7-8,14-15H,1-6,9-13H2,(H,31,32,33). The van der Waals surface area contributed by atoms with Crippen molar-refractivity contribution in [3.63, 3.8) is 0 Å². The van der Waals surface area contributed by atoms with E-state index in [1.807, 2.05) is 4.90 Å². The molecule has 198 valence electrons. The van der Waals surface area contributed by atoms with E-state index in [1.165, 1.54) is 12.4 Å². The van der Waals surface area contributed by atoms with Crippen LogP contribution in [0.2, 0.25) is 0 Å². The molecular weight excluding hydrogens is 494 g/mol. The highest BCUT2D eigenvalue weighted by Gasteiger charge is 2.64. The first-order valence-electron chi connectivity index (χ1n) is 12.7. The second-order valence-corrected chi connectivity index (χ2v) is 11.7. The number of H-pyrrole nitrogens is 1. The SMILES string of the molecule is O=C(N1CC(c2cnc(OCC3(C(F)(F)F)CC3)cn2)C1)N1CC2(CC(c3nc(C4(F)CC4)n[nH]3)C2)C1. The molecule has 37 heavy (non-hydrogen) atoms. The zero-order valence-electron chi connectivity index (χ0n) is 20.1. The number of aromatic nitrogens is 5. The summed E-state index contributed by atoms with van der Waals surface area (Å²) < 4.78 is 58.5. The Morgan fingerprint density at radius 3 is 2.38 bits per heavy atom. The van der Waals surface area contributed by atoms with Crippen molar-refractivity contribution in [2.24, 2.45) is 10.8 Å². The topological polar surface area (TPSA) is 100 Å². The number of urea groups is 1. The van der Waals surface area contributed by atoms with Gasteiger partial charge in [-0.1, -0.05) is 0 Å². The van der Waals surface area contributed by atoms with Gasteiger partial charge < -0.3 is 14.5 Å². The maximum absolute atomic E-state index is 14.1. The number of ether oxygens (including phenoxy) is 1. The van der Waals surface area contributed by atoms with Gasteiger partial charge in [0.25, 0.3) is 0 Å². The summed E-state index contributed by atoms with van der Waals surface area (Å²) in [6.07, 6.45) is 1.58. The minimum absolute atomic E-state index is 0.00942. The largest absolute Gasteiger partial charge is 0.476 e. The number of hydrogen-bond donors (Lipinski definition) is 1. The highest BCUT2D eigenvalue weighted by molar-refractivity contribution is 5.77. The summed E-state index contributed by atoms with van der Waals surface area (Å²) in [5, 5.41) is 6.96. The Balaban J connectivity index is 0.852. The first-order chi connectivity index (χ1) is 17.6. The van der Waals surface area contributed by atoms with Crippen LogP contribution in [0.3, 0.4) is 0 Å². The van der Waals surface area contributed by atoms with Gasteiger partial charge in [-0.15, -0.1) is 0 Å². The van der Waals surface area contributed by atoms with Crippen LogP contribution in [0.25, 0.3) is 0 Å². The van der Waals surface area contributed by atoms with Crippen molar-refractivity contribution < 1.29 is 27.1 Å². The van der Waals surface area contributed by atoms with Crippen LogP contribution in [-0.4, -0.2) is 79.9 Å². The van der Waals surface area contributed by atoms with Gasteiger partial charge in [0.2, 0.25) is 5.88 Å². The number of nitrogens with one attached hydrogen (secondary N) is 1. The second kappa shape index (κ2) is 7.53. The molecule has 2 amide bonds. The number of halogens is 4. The predicted molar refractivity (Wildman–Crippen MR) is 119 cm³/mol. The monoisotopic (exact) mass is 521 g/mol. The number of carbonyl (C=O) groups excluding carboxylic acids is 1. The minimum atomic E-state index is -4.27. The molecule has 4 heterocycles.